The van der Waals surface area contributed by atoms with Crippen LogP contribution in [0.25, 0.3) is 0 Å². The molecule has 0 fully saturated rings. The second-order valence-electron chi connectivity index (χ2n) is 3.35. The summed E-state index contributed by atoms with van der Waals surface area (Å²) >= 11 is 0. The number of nitrogens with zero attached hydrogens (tertiary/aromatic N) is 1. The maximum Gasteiger partial charge on any atom is 0.250 e. The Morgan fingerprint density at radius 3 is 2.94 bits per heavy atom. The highest BCUT2D eigenvalue weighted by Gasteiger charge is 2.08. The van der Waals surface area contributed by atoms with Crippen LogP contribution in [0.3, 0.4) is 0 Å². The lowest BCUT2D eigenvalue weighted by atomic mass is 10.3. The molecule has 1 rings (SSSR count). The maximum absolute atomic E-state index is 11.3. The molecular formula is C10H15N3O3. The van der Waals surface area contributed by atoms with E-state index in [4.69, 9.17) is 10.8 Å². The second kappa shape index (κ2) is 6.04. The fraction of sp³-hybridized carbons (Fsp3) is 0.400. The molecule has 1 amide bonds. The quantitative estimate of drug-likeness (QED) is 0.502. The number of primary amides is 1. The molecule has 0 bridgehead atoms. The van der Waals surface area contributed by atoms with Crippen molar-refractivity contribution in [1.29, 1.82) is 0 Å². The molecule has 0 aliphatic carbocycles. The zero-order chi connectivity index (χ0) is 12.0. The van der Waals surface area contributed by atoms with Gasteiger partial charge in [0.25, 0.3) is 5.56 Å². The Balaban J connectivity index is 2.29. The van der Waals surface area contributed by atoms with E-state index in [9.17, 15) is 9.59 Å². The Kier molecular flexibility index (Phi) is 4.68. The minimum Gasteiger partial charge on any atom is -0.382 e. The Labute approximate surface area is 92.7 Å². The monoisotopic (exact) mass is 225 g/mol. The van der Waals surface area contributed by atoms with Crippen molar-refractivity contribution >= 4 is 5.91 Å². The van der Waals surface area contributed by atoms with Crippen molar-refractivity contribution in [2.75, 3.05) is 13.1 Å². The van der Waals surface area contributed by atoms with E-state index < -0.39 is 12.0 Å². The lowest BCUT2D eigenvalue weighted by Crippen LogP contribution is -2.39. The Bertz CT molecular complexity index is 402. The third-order valence-electron chi connectivity index (χ3n) is 2.09. The number of nitrogens with two attached hydrogens (primary N) is 1. The van der Waals surface area contributed by atoms with Gasteiger partial charge in [0.1, 0.15) is 6.10 Å². The van der Waals surface area contributed by atoms with Gasteiger partial charge in [-0.1, -0.05) is 6.07 Å². The van der Waals surface area contributed by atoms with Crippen molar-refractivity contribution in [2.45, 2.75) is 12.6 Å². The van der Waals surface area contributed by atoms with Crippen LogP contribution in [0, 0.1) is 0 Å². The SMILES string of the molecule is NC(=O)C(O)CNCCn1ccccc1=O. The van der Waals surface area contributed by atoms with Gasteiger partial charge in [0.05, 0.1) is 0 Å². The molecule has 0 radical (unpaired) electrons. The smallest absolute Gasteiger partial charge is 0.250 e. The summed E-state index contributed by atoms with van der Waals surface area (Å²) in [6.45, 7) is 1.05. The third-order valence-corrected chi connectivity index (χ3v) is 2.09. The van der Waals surface area contributed by atoms with Gasteiger partial charge in [-0.3, -0.25) is 9.59 Å². The van der Waals surface area contributed by atoms with Crippen LogP contribution in [-0.2, 0) is 11.3 Å². The van der Waals surface area contributed by atoms with E-state index in [0.29, 0.717) is 13.1 Å². The summed E-state index contributed by atoms with van der Waals surface area (Å²) in [5.41, 5.74) is 4.79. The molecule has 1 atom stereocenters. The number of rotatable bonds is 6. The predicted molar refractivity (Wildman–Crippen MR) is 58.8 cm³/mol. The highest BCUT2D eigenvalue weighted by molar-refractivity contribution is 5.78. The van der Waals surface area contributed by atoms with Crippen molar-refractivity contribution < 1.29 is 9.90 Å². The number of hydrogen-bond donors (Lipinski definition) is 3. The van der Waals surface area contributed by atoms with E-state index in [1.807, 2.05) is 0 Å². The second-order valence-corrected chi connectivity index (χ2v) is 3.35. The van der Waals surface area contributed by atoms with Gasteiger partial charge in [-0.15, -0.1) is 0 Å². The summed E-state index contributed by atoms with van der Waals surface area (Å²) in [5, 5.41) is 11.9. The zero-order valence-electron chi connectivity index (χ0n) is 8.80. The molecule has 16 heavy (non-hydrogen) atoms. The number of carbonyl (C=O) groups excluding carboxylic acids is 1. The number of amides is 1. The third kappa shape index (κ3) is 3.84. The summed E-state index contributed by atoms with van der Waals surface area (Å²) in [7, 11) is 0. The number of pyridine rings is 1. The van der Waals surface area contributed by atoms with Gasteiger partial charge in [-0.25, -0.2) is 0 Å². The standard InChI is InChI=1S/C10H15N3O3/c11-10(16)8(14)7-12-4-6-13-5-2-1-3-9(13)15/h1-3,5,8,12,14H,4,6-7H2,(H2,11,16). The van der Waals surface area contributed by atoms with E-state index in [2.05, 4.69) is 5.32 Å². The first-order valence-corrected chi connectivity index (χ1v) is 4.95. The predicted octanol–water partition coefficient (Wildman–Crippen LogP) is -1.72. The first-order chi connectivity index (χ1) is 7.61. The van der Waals surface area contributed by atoms with Crippen LogP contribution in [0.15, 0.2) is 29.2 Å². The van der Waals surface area contributed by atoms with Gasteiger partial charge in [0.15, 0.2) is 0 Å². The summed E-state index contributed by atoms with van der Waals surface area (Å²) in [6, 6.07) is 4.90. The average molecular weight is 225 g/mol. The minimum absolute atomic E-state index is 0.0836. The van der Waals surface area contributed by atoms with Gasteiger partial charge in [0, 0.05) is 31.9 Å². The Morgan fingerprint density at radius 2 is 2.31 bits per heavy atom. The lowest BCUT2D eigenvalue weighted by molar-refractivity contribution is -0.125. The molecule has 1 unspecified atom stereocenters. The van der Waals surface area contributed by atoms with E-state index in [1.165, 1.54) is 10.6 Å². The fourth-order valence-corrected chi connectivity index (χ4v) is 1.18. The lowest BCUT2D eigenvalue weighted by Gasteiger charge is -2.09. The van der Waals surface area contributed by atoms with Crippen molar-refractivity contribution in [3.63, 3.8) is 0 Å². The highest BCUT2D eigenvalue weighted by Crippen LogP contribution is 1.82. The van der Waals surface area contributed by atoms with Gasteiger partial charge in [-0.2, -0.15) is 0 Å². The van der Waals surface area contributed by atoms with Crippen LogP contribution in [0.1, 0.15) is 0 Å². The number of aliphatic hydroxyl groups is 1. The minimum atomic E-state index is -1.19. The molecule has 0 spiro atoms. The van der Waals surface area contributed by atoms with Gasteiger partial charge < -0.3 is 20.7 Å². The molecule has 0 aliphatic rings. The normalized spacial score (nSPS) is 12.3. The van der Waals surface area contributed by atoms with Crippen molar-refractivity contribution in [2.24, 2.45) is 5.73 Å². The van der Waals surface area contributed by atoms with Crippen LogP contribution in [0.2, 0.25) is 0 Å². The van der Waals surface area contributed by atoms with Crippen LogP contribution in [0.5, 0.6) is 0 Å². The number of carbonyl (C=O) groups is 1. The summed E-state index contributed by atoms with van der Waals surface area (Å²) in [6.07, 6.45) is 0.488. The number of aromatic nitrogens is 1. The molecule has 1 heterocycles. The van der Waals surface area contributed by atoms with E-state index in [1.54, 1.807) is 18.3 Å². The molecule has 6 nitrogen and oxygen atoms in total. The molecule has 1 aromatic heterocycles. The summed E-state index contributed by atoms with van der Waals surface area (Å²) in [4.78, 5) is 21.8. The topological polar surface area (TPSA) is 97.3 Å². The van der Waals surface area contributed by atoms with Crippen LogP contribution in [0.4, 0.5) is 0 Å². The van der Waals surface area contributed by atoms with E-state index >= 15 is 0 Å². The molecule has 4 N–H and O–H groups in total. The Morgan fingerprint density at radius 1 is 1.56 bits per heavy atom. The van der Waals surface area contributed by atoms with E-state index in [-0.39, 0.29) is 12.1 Å². The van der Waals surface area contributed by atoms with Gasteiger partial charge in [-0.05, 0) is 6.07 Å². The van der Waals surface area contributed by atoms with Crippen molar-refractivity contribution in [3.8, 4) is 0 Å². The van der Waals surface area contributed by atoms with Crippen molar-refractivity contribution in [1.82, 2.24) is 9.88 Å². The maximum atomic E-state index is 11.3. The molecule has 1 aromatic rings. The van der Waals surface area contributed by atoms with Gasteiger partial charge in [0.2, 0.25) is 5.91 Å². The molecule has 88 valence electrons. The molecule has 6 heteroatoms. The Hall–Kier alpha value is -1.66. The molecule has 0 saturated carbocycles. The average Bonchev–Trinajstić information content (AvgIpc) is 2.26. The van der Waals surface area contributed by atoms with Crippen LogP contribution in [-0.4, -0.2) is 34.8 Å². The first-order valence-electron chi connectivity index (χ1n) is 4.95. The molecular weight excluding hydrogens is 210 g/mol. The fourth-order valence-electron chi connectivity index (χ4n) is 1.18. The first kappa shape index (κ1) is 12.4. The number of hydrogen-bond acceptors (Lipinski definition) is 4. The number of nitrogens with one attached hydrogen (secondary N) is 1. The highest BCUT2D eigenvalue weighted by atomic mass is 16.3. The number of aliphatic hydroxyl groups excluding tert-OH is 1. The van der Waals surface area contributed by atoms with Gasteiger partial charge >= 0.3 is 0 Å². The van der Waals surface area contributed by atoms with Crippen LogP contribution >= 0.6 is 0 Å². The zero-order valence-corrected chi connectivity index (χ0v) is 8.80. The van der Waals surface area contributed by atoms with Crippen molar-refractivity contribution in [3.05, 3.63) is 34.7 Å². The molecule has 0 saturated heterocycles. The van der Waals surface area contributed by atoms with Crippen LogP contribution < -0.4 is 16.6 Å². The molecule has 0 aromatic carbocycles. The van der Waals surface area contributed by atoms with E-state index in [0.717, 1.165) is 0 Å². The summed E-state index contributed by atoms with van der Waals surface area (Å²) < 4.78 is 1.53. The largest absolute Gasteiger partial charge is 0.382 e. The summed E-state index contributed by atoms with van der Waals surface area (Å²) in [5.74, 6) is -0.760. The molecule has 0 aliphatic heterocycles.